The zero-order valence-corrected chi connectivity index (χ0v) is 11.5. The number of hydrogen-bond acceptors (Lipinski definition) is 6. The maximum absolute atomic E-state index is 11.7. The van der Waals surface area contributed by atoms with Crippen molar-refractivity contribution in [2.24, 2.45) is 0 Å². The minimum absolute atomic E-state index is 0.177. The summed E-state index contributed by atoms with van der Waals surface area (Å²) in [6, 6.07) is 7.35. The second kappa shape index (κ2) is 5.84. The van der Waals surface area contributed by atoms with E-state index in [4.69, 9.17) is 14.0 Å². The van der Waals surface area contributed by atoms with E-state index in [2.05, 4.69) is 15.8 Å². The van der Waals surface area contributed by atoms with E-state index in [1.807, 2.05) is 18.2 Å². The van der Waals surface area contributed by atoms with Gasteiger partial charge in [-0.25, -0.2) is 0 Å². The first-order chi connectivity index (χ1) is 10.2. The number of nitrogens with one attached hydrogen (secondary N) is 2. The van der Waals surface area contributed by atoms with Crippen LogP contribution in [0.15, 0.2) is 28.8 Å². The van der Waals surface area contributed by atoms with Crippen LogP contribution in [-0.2, 0) is 11.3 Å². The molecule has 0 bridgehead atoms. The van der Waals surface area contributed by atoms with Crippen LogP contribution in [-0.4, -0.2) is 24.4 Å². The van der Waals surface area contributed by atoms with Crippen molar-refractivity contribution in [1.82, 2.24) is 10.5 Å². The van der Waals surface area contributed by atoms with Crippen LogP contribution in [0.1, 0.15) is 11.3 Å². The average Bonchev–Trinajstić information content (AvgIpc) is 3.07. The molecule has 2 N–H and O–H groups in total. The molecule has 0 fully saturated rings. The number of hydrogen-bond donors (Lipinski definition) is 2. The fourth-order valence-corrected chi connectivity index (χ4v) is 1.98. The number of fused-ring (bicyclic) bond motifs is 1. The highest BCUT2D eigenvalue weighted by molar-refractivity contribution is 5.91. The molecule has 2 aromatic rings. The fraction of sp³-hybridized carbons (Fsp3) is 0.286. The van der Waals surface area contributed by atoms with Crippen molar-refractivity contribution in [2.75, 3.05) is 18.7 Å². The molecule has 0 atom stereocenters. The van der Waals surface area contributed by atoms with Crippen LogP contribution in [0.4, 0.5) is 5.82 Å². The van der Waals surface area contributed by atoms with Gasteiger partial charge in [0.25, 0.3) is 0 Å². The Balaban J connectivity index is 1.46. The highest BCUT2D eigenvalue weighted by Crippen LogP contribution is 2.32. The van der Waals surface area contributed by atoms with E-state index in [-0.39, 0.29) is 19.2 Å². The Labute approximate surface area is 121 Å². The number of ether oxygens (including phenoxy) is 2. The van der Waals surface area contributed by atoms with E-state index in [0.29, 0.717) is 18.1 Å². The SMILES string of the molecule is Cc1cc(NC(=O)CNCc2ccc3c(c2)OCO3)no1. The van der Waals surface area contributed by atoms with Crippen LogP contribution >= 0.6 is 0 Å². The number of amides is 1. The Bertz CT molecular complexity index is 653. The summed E-state index contributed by atoms with van der Waals surface area (Å²) >= 11 is 0. The zero-order valence-electron chi connectivity index (χ0n) is 11.5. The summed E-state index contributed by atoms with van der Waals surface area (Å²) in [6.45, 7) is 2.76. The Morgan fingerprint density at radius 2 is 2.14 bits per heavy atom. The highest BCUT2D eigenvalue weighted by Gasteiger charge is 2.13. The number of benzene rings is 1. The van der Waals surface area contributed by atoms with Crippen molar-refractivity contribution in [1.29, 1.82) is 0 Å². The van der Waals surface area contributed by atoms with E-state index in [9.17, 15) is 4.79 Å². The van der Waals surface area contributed by atoms with Gasteiger partial charge in [0.1, 0.15) is 5.76 Å². The van der Waals surface area contributed by atoms with Crippen LogP contribution in [0.3, 0.4) is 0 Å². The number of aromatic nitrogens is 1. The Morgan fingerprint density at radius 1 is 1.29 bits per heavy atom. The Kier molecular flexibility index (Phi) is 3.74. The molecule has 1 amide bonds. The molecule has 7 heteroatoms. The maximum atomic E-state index is 11.7. The number of carbonyl (C=O) groups is 1. The summed E-state index contributed by atoms with van der Waals surface area (Å²) in [5.74, 6) is 2.37. The van der Waals surface area contributed by atoms with Crippen molar-refractivity contribution in [2.45, 2.75) is 13.5 Å². The molecule has 0 radical (unpaired) electrons. The summed E-state index contributed by atoms with van der Waals surface area (Å²) in [5.41, 5.74) is 1.02. The summed E-state index contributed by atoms with van der Waals surface area (Å²) in [4.78, 5) is 11.7. The van der Waals surface area contributed by atoms with Gasteiger partial charge < -0.3 is 24.6 Å². The van der Waals surface area contributed by atoms with Gasteiger partial charge in [-0.1, -0.05) is 11.2 Å². The van der Waals surface area contributed by atoms with E-state index < -0.39 is 0 Å². The van der Waals surface area contributed by atoms with Gasteiger partial charge >= 0.3 is 0 Å². The number of carbonyl (C=O) groups excluding carboxylic acids is 1. The topological polar surface area (TPSA) is 85.6 Å². The van der Waals surface area contributed by atoms with E-state index in [0.717, 1.165) is 17.1 Å². The summed E-state index contributed by atoms with van der Waals surface area (Å²) in [5, 5.41) is 9.39. The van der Waals surface area contributed by atoms with E-state index in [1.165, 1.54) is 0 Å². The smallest absolute Gasteiger partial charge is 0.239 e. The molecule has 7 nitrogen and oxygen atoms in total. The van der Waals surface area contributed by atoms with Gasteiger partial charge in [-0.15, -0.1) is 0 Å². The first-order valence-corrected chi connectivity index (χ1v) is 6.53. The van der Waals surface area contributed by atoms with Gasteiger partial charge in [-0.05, 0) is 24.6 Å². The van der Waals surface area contributed by atoms with Crippen LogP contribution in [0, 0.1) is 6.92 Å². The van der Waals surface area contributed by atoms with Crippen LogP contribution < -0.4 is 20.1 Å². The van der Waals surface area contributed by atoms with Crippen molar-refractivity contribution < 1.29 is 18.8 Å². The number of nitrogens with zero attached hydrogens (tertiary/aromatic N) is 1. The monoisotopic (exact) mass is 289 g/mol. The third-order valence-electron chi connectivity index (χ3n) is 2.95. The predicted molar refractivity (Wildman–Crippen MR) is 74.1 cm³/mol. The molecule has 1 aliphatic rings. The molecule has 0 unspecified atom stereocenters. The first kappa shape index (κ1) is 13.4. The zero-order chi connectivity index (χ0) is 14.7. The molecule has 1 aromatic heterocycles. The van der Waals surface area contributed by atoms with E-state index in [1.54, 1.807) is 13.0 Å². The van der Waals surface area contributed by atoms with Crippen LogP contribution in [0.25, 0.3) is 0 Å². The van der Waals surface area contributed by atoms with Gasteiger partial charge in [0.15, 0.2) is 17.3 Å². The molecule has 0 spiro atoms. The minimum atomic E-state index is -0.177. The molecule has 110 valence electrons. The normalized spacial score (nSPS) is 12.4. The third kappa shape index (κ3) is 3.32. The molecule has 0 aliphatic carbocycles. The summed E-state index contributed by atoms with van der Waals surface area (Å²) < 4.78 is 15.4. The van der Waals surface area contributed by atoms with Gasteiger partial charge in [-0.2, -0.15) is 0 Å². The first-order valence-electron chi connectivity index (χ1n) is 6.53. The van der Waals surface area contributed by atoms with Crippen molar-refractivity contribution in [3.05, 3.63) is 35.6 Å². The van der Waals surface area contributed by atoms with Gasteiger partial charge in [0.2, 0.25) is 12.7 Å². The lowest BCUT2D eigenvalue weighted by Crippen LogP contribution is -2.27. The number of anilines is 1. The lowest BCUT2D eigenvalue weighted by molar-refractivity contribution is -0.115. The van der Waals surface area contributed by atoms with Gasteiger partial charge in [-0.3, -0.25) is 4.79 Å². The molecule has 3 rings (SSSR count). The quantitative estimate of drug-likeness (QED) is 0.866. The largest absolute Gasteiger partial charge is 0.454 e. The molecular formula is C14H15N3O4. The third-order valence-corrected chi connectivity index (χ3v) is 2.95. The van der Waals surface area contributed by atoms with Crippen LogP contribution in [0.5, 0.6) is 11.5 Å². The summed E-state index contributed by atoms with van der Waals surface area (Å²) in [7, 11) is 0. The second-order valence-electron chi connectivity index (χ2n) is 4.66. The number of rotatable bonds is 5. The van der Waals surface area contributed by atoms with Crippen LogP contribution in [0.2, 0.25) is 0 Å². The van der Waals surface area contributed by atoms with Gasteiger partial charge in [0.05, 0.1) is 6.54 Å². The van der Waals surface area contributed by atoms with Crippen molar-refractivity contribution in [3.63, 3.8) is 0 Å². The Morgan fingerprint density at radius 3 is 2.95 bits per heavy atom. The molecule has 0 saturated heterocycles. The fourth-order valence-electron chi connectivity index (χ4n) is 1.98. The lowest BCUT2D eigenvalue weighted by atomic mass is 10.2. The molecule has 0 saturated carbocycles. The maximum Gasteiger partial charge on any atom is 0.239 e. The molecular weight excluding hydrogens is 274 g/mol. The molecule has 21 heavy (non-hydrogen) atoms. The Hall–Kier alpha value is -2.54. The average molecular weight is 289 g/mol. The lowest BCUT2D eigenvalue weighted by Gasteiger charge is -2.05. The van der Waals surface area contributed by atoms with Crippen molar-refractivity contribution in [3.8, 4) is 11.5 Å². The predicted octanol–water partition coefficient (Wildman–Crippen LogP) is 1.44. The standard InChI is InChI=1S/C14H15N3O4/c1-9-4-13(17-21-9)16-14(18)7-15-6-10-2-3-11-12(5-10)20-8-19-11/h2-5,15H,6-8H2,1H3,(H,16,17,18). The molecule has 1 aromatic carbocycles. The van der Waals surface area contributed by atoms with Gasteiger partial charge in [0, 0.05) is 12.6 Å². The van der Waals surface area contributed by atoms with E-state index >= 15 is 0 Å². The second-order valence-corrected chi connectivity index (χ2v) is 4.66. The van der Waals surface area contributed by atoms with Crippen molar-refractivity contribution >= 4 is 11.7 Å². The minimum Gasteiger partial charge on any atom is -0.454 e. The highest BCUT2D eigenvalue weighted by atomic mass is 16.7. The number of aryl methyl sites for hydroxylation is 1. The molecule has 1 aliphatic heterocycles. The molecule has 2 heterocycles. The summed E-state index contributed by atoms with van der Waals surface area (Å²) in [6.07, 6.45) is 0.